The third-order valence-corrected chi connectivity index (χ3v) is 2.65. The molecule has 19 heavy (non-hydrogen) atoms. The lowest BCUT2D eigenvalue weighted by atomic mass is 10.1. The zero-order chi connectivity index (χ0) is 14.1. The normalized spacial score (nSPS) is 9.58. The van der Waals surface area contributed by atoms with Gasteiger partial charge in [-0.3, -0.25) is 0 Å². The Morgan fingerprint density at radius 2 is 2.00 bits per heavy atom. The van der Waals surface area contributed by atoms with Crippen molar-refractivity contribution < 1.29 is 14.5 Å². The van der Waals surface area contributed by atoms with Crippen molar-refractivity contribution in [3.8, 4) is 0 Å². The van der Waals surface area contributed by atoms with Crippen molar-refractivity contribution in [1.82, 2.24) is 4.57 Å². The maximum absolute atomic E-state index is 10.1. The zero-order valence-electron chi connectivity index (χ0n) is 11.5. The molecule has 0 saturated heterocycles. The summed E-state index contributed by atoms with van der Waals surface area (Å²) in [6.45, 7) is 3.18. The third-order valence-electron chi connectivity index (χ3n) is 2.65. The molecule has 0 aliphatic rings. The summed E-state index contributed by atoms with van der Waals surface area (Å²) in [5.74, 6) is -0.992. The van der Waals surface area contributed by atoms with Gasteiger partial charge in [0.1, 0.15) is 12.4 Å². The summed E-state index contributed by atoms with van der Waals surface area (Å²) < 4.78 is 4.16. The number of carboxylic acid groups (broad SMARTS) is 1. The van der Waals surface area contributed by atoms with Gasteiger partial charge in [0.15, 0.2) is 0 Å². The second kappa shape index (κ2) is 8.08. The number of carbonyl (C=O) groups excluding carboxylic acids is 1. The maximum atomic E-state index is 10.1. The Labute approximate surface area is 113 Å². The monoisotopic (exact) mass is 260 g/mol. The summed E-state index contributed by atoms with van der Waals surface area (Å²) in [6, 6.07) is 9.50. The molecule has 0 saturated carbocycles. The topological polar surface area (TPSA) is 48.9 Å². The van der Waals surface area contributed by atoms with E-state index in [1.54, 1.807) is 0 Å². The van der Waals surface area contributed by atoms with Crippen LogP contribution in [0, 0.1) is 0 Å². The fraction of sp³-hybridized carbons (Fsp3) is 0.333. The summed E-state index contributed by atoms with van der Waals surface area (Å²) in [5.41, 5.74) is 1.04. The second-order valence-electron chi connectivity index (χ2n) is 4.27. The first-order valence-corrected chi connectivity index (χ1v) is 6.36. The van der Waals surface area contributed by atoms with Crippen molar-refractivity contribution in [1.29, 1.82) is 0 Å². The molecule has 0 atom stereocenters. The van der Waals surface area contributed by atoms with Crippen molar-refractivity contribution in [3.63, 3.8) is 0 Å². The highest BCUT2D eigenvalue weighted by atomic mass is 16.4. The molecule has 2 rings (SSSR count). The van der Waals surface area contributed by atoms with E-state index in [4.69, 9.17) is 0 Å². The van der Waals surface area contributed by atoms with Crippen molar-refractivity contribution in [2.45, 2.75) is 26.3 Å². The van der Waals surface area contributed by atoms with Gasteiger partial charge in [-0.1, -0.05) is 30.3 Å². The minimum Gasteiger partial charge on any atom is -0.550 e. The van der Waals surface area contributed by atoms with Crippen molar-refractivity contribution >= 4 is 5.97 Å². The summed E-state index contributed by atoms with van der Waals surface area (Å²) in [6.07, 6.45) is 6.80. The maximum Gasteiger partial charge on any atom is 0.243 e. The molecule has 0 radical (unpaired) electrons. The number of imidazole rings is 1. The van der Waals surface area contributed by atoms with E-state index in [9.17, 15) is 9.90 Å². The van der Waals surface area contributed by atoms with Crippen molar-refractivity contribution in [2.75, 3.05) is 0 Å². The molecule has 0 unspecified atom stereocenters. The van der Waals surface area contributed by atoms with Gasteiger partial charge < -0.3 is 9.90 Å². The van der Waals surface area contributed by atoms with E-state index in [-0.39, 0.29) is 6.42 Å². The van der Waals surface area contributed by atoms with Gasteiger partial charge in [0.05, 0.1) is 13.6 Å². The molecule has 1 aromatic heterocycles. The Bertz CT molecular complexity index is 492. The summed E-state index contributed by atoms with van der Waals surface area (Å²) in [7, 11) is 2.02. The van der Waals surface area contributed by atoms with E-state index in [0.29, 0.717) is 6.42 Å². The Kier molecular flexibility index (Phi) is 6.36. The van der Waals surface area contributed by atoms with Crippen LogP contribution < -0.4 is 9.67 Å². The van der Waals surface area contributed by atoms with Crippen LogP contribution in [0.15, 0.2) is 49.1 Å². The summed E-state index contributed by atoms with van der Waals surface area (Å²) >= 11 is 0. The molecule has 0 spiro atoms. The largest absolute Gasteiger partial charge is 0.550 e. The minimum absolute atomic E-state index is 0.101. The van der Waals surface area contributed by atoms with Crippen LogP contribution in [0.5, 0.6) is 0 Å². The van der Waals surface area contributed by atoms with Crippen LogP contribution in [-0.2, 0) is 24.8 Å². The second-order valence-corrected chi connectivity index (χ2v) is 4.27. The van der Waals surface area contributed by atoms with E-state index < -0.39 is 5.97 Å². The van der Waals surface area contributed by atoms with Gasteiger partial charge in [-0.2, -0.15) is 0 Å². The molecular formula is C15H20N2O2. The first kappa shape index (κ1) is 15.0. The lowest BCUT2D eigenvalue weighted by molar-refractivity contribution is -0.671. The van der Waals surface area contributed by atoms with Crippen LogP contribution in [0.3, 0.4) is 0 Å². The fourth-order valence-electron chi connectivity index (χ4n) is 1.58. The molecule has 0 N–H and O–H groups in total. The minimum atomic E-state index is -0.992. The van der Waals surface area contributed by atoms with Crippen LogP contribution in [0.25, 0.3) is 0 Å². The van der Waals surface area contributed by atoms with Gasteiger partial charge in [-0.15, -0.1) is 0 Å². The lowest BCUT2D eigenvalue weighted by Gasteiger charge is -2.00. The molecular weight excluding hydrogens is 240 g/mol. The highest BCUT2D eigenvalue weighted by Crippen LogP contribution is 2.00. The molecule has 0 amide bonds. The standard InChI is InChI=1S/C9H10O2.C6H11N2/c10-9(11)7-6-8-4-2-1-3-5-8;1-3-8-5-4-7(2)6-8/h1-5H,6-7H2,(H,10,11);4-6H,3H2,1-2H3/q;+1/p-1. The summed E-state index contributed by atoms with van der Waals surface area (Å²) in [4.78, 5) is 10.1. The fourth-order valence-corrected chi connectivity index (χ4v) is 1.58. The lowest BCUT2D eigenvalue weighted by Crippen LogP contribution is -2.23. The van der Waals surface area contributed by atoms with E-state index in [2.05, 4.69) is 24.0 Å². The molecule has 0 aliphatic carbocycles. The van der Waals surface area contributed by atoms with E-state index >= 15 is 0 Å². The first-order chi connectivity index (χ1) is 9.11. The number of carbonyl (C=O) groups is 1. The van der Waals surface area contributed by atoms with E-state index in [1.807, 2.05) is 48.1 Å². The predicted octanol–water partition coefficient (Wildman–Crippen LogP) is 0.702. The smallest absolute Gasteiger partial charge is 0.243 e. The number of aromatic nitrogens is 2. The number of benzene rings is 1. The van der Waals surface area contributed by atoms with Crippen LogP contribution in [-0.4, -0.2) is 10.5 Å². The Morgan fingerprint density at radius 3 is 2.42 bits per heavy atom. The van der Waals surface area contributed by atoms with Crippen LogP contribution in [0.2, 0.25) is 0 Å². The Morgan fingerprint density at radius 1 is 1.32 bits per heavy atom. The molecule has 0 aliphatic heterocycles. The number of rotatable bonds is 4. The van der Waals surface area contributed by atoms with E-state index in [0.717, 1.165) is 12.1 Å². The van der Waals surface area contributed by atoms with Gasteiger partial charge in [-0.05, 0) is 25.3 Å². The average Bonchev–Trinajstić information content (AvgIpc) is 2.84. The average molecular weight is 260 g/mol. The molecule has 4 heteroatoms. The van der Waals surface area contributed by atoms with Crippen molar-refractivity contribution in [3.05, 3.63) is 54.6 Å². The van der Waals surface area contributed by atoms with Crippen LogP contribution in [0.4, 0.5) is 0 Å². The van der Waals surface area contributed by atoms with Gasteiger partial charge in [0.25, 0.3) is 0 Å². The quantitative estimate of drug-likeness (QED) is 0.760. The van der Waals surface area contributed by atoms with E-state index in [1.165, 1.54) is 0 Å². The van der Waals surface area contributed by atoms with Gasteiger partial charge in [0, 0.05) is 5.97 Å². The SMILES string of the molecule is CCn1cc[n+](C)c1.O=C([O-])CCc1ccccc1. The first-order valence-electron chi connectivity index (χ1n) is 6.36. The highest BCUT2D eigenvalue weighted by Gasteiger charge is 1.92. The molecule has 1 heterocycles. The zero-order valence-corrected chi connectivity index (χ0v) is 11.5. The Hall–Kier alpha value is -2.10. The molecule has 0 fully saturated rings. The molecule has 1 aromatic carbocycles. The number of nitrogens with zero attached hydrogens (tertiary/aromatic N) is 2. The summed E-state index contributed by atoms with van der Waals surface area (Å²) in [5, 5.41) is 10.1. The number of aliphatic carboxylic acids is 1. The number of carboxylic acids is 1. The number of hydrogen-bond donors (Lipinski definition) is 0. The molecule has 102 valence electrons. The Balaban J connectivity index is 0.000000200. The van der Waals surface area contributed by atoms with Gasteiger partial charge >= 0.3 is 0 Å². The van der Waals surface area contributed by atoms with Gasteiger partial charge in [0.2, 0.25) is 6.33 Å². The third kappa shape index (κ3) is 6.41. The van der Waals surface area contributed by atoms with Crippen LogP contribution >= 0.6 is 0 Å². The number of hydrogen-bond acceptors (Lipinski definition) is 2. The molecule has 4 nitrogen and oxygen atoms in total. The number of aryl methyl sites for hydroxylation is 3. The van der Waals surface area contributed by atoms with Crippen LogP contribution in [0.1, 0.15) is 18.9 Å². The molecule has 2 aromatic rings. The highest BCUT2D eigenvalue weighted by molar-refractivity contribution is 5.64. The predicted molar refractivity (Wildman–Crippen MR) is 71.1 cm³/mol. The van der Waals surface area contributed by atoms with Crippen molar-refractivity contribution in [2.24, 2.45) is 7.05 Å². The van der Waals surface area contributed by atoms with Gasteiger partial charge in [-0.25, -0.2) is 9.13 Å². The molecule has 0 bridgehead atoms.